The fraction of sp³-hybridized carbons (Fsp3) is 0.929. The molecule has 0 aromatic heterocycles. The van der Waals surface area contributed by atoms with Crippen LogP contribution in [0.15, 0.2) is 0 Å². The SMILES string of the molecule is CCC[C@H](N)C(=O)N(C)C1CCN(CCC)CC1. The van der Waals surface area contributed by atoms with Crippen molar-refractivity contribution in [3.63, 3.8) is 0 Å². The number of amides is 1. The van der Waals surface area contributed by atoms with E-state index in [0.717, 1.165) is 38.8 Å². The molecule has 2 N–H and O–H groups in total. The topological polar surface area (TPSA) is 49.6 Å². The van der Waals surface area contributed by atoms with Crippen molar-refractivity contribution in [1.29, 1.82) is 0 Å². The van der Waals surface area contributed by atoms with E-state index in [4.69, 9.17) is 5.73 Å². The normalized spacial score (nSPS) is 19.8. The minimum absolute atomic E-state index is 0.116. The number of hydrogen-bond acceptors (Lipinski definition) is 3. The molecule has 4 nitrogen and oxygen atoms in total. The molecule has 4 heteroatoms. The molecule has 1 saturated heterocycles. The Morgan fingerprint density at radius 2 is 1.94 bits per heavy atom. The van der Waals surface area contributed by atoms with Gasteiger partial charge in [-0.3, -0.25) is 4.79 Å². The predicted octanol–water partition coefficient (Wildman–Crippen LogP) is 1.45. The second kappa shape index (κ2) is 7.74. The number of nitrogens with zero attached hydrogens (tertiary/aromatic N) is 2. The van der Waals surface area contributed by atoms with Crippen molar-refractivity contribution in [1.82, 2.24) is 9.80 Å². The number of carbonyl (C=O) groups is 1. The van der Waals surface area contributed by atoms with Crippen molar-refractivity contribution in [2.45, 2.75) is 58.0 Å². The van der Waals surface area contributed by atoms with Crippen LogP contribution in [0.3, 0.4) is 0 Å². The minimum atomic E-state index is -0.311. The van der Waals surface area contributed by atoms with Crippen LogP contribution in [0.1, 0.15) is 46.0 Å². The zero-order valence-corrected chi connectivity index (χ0v) is 12.2. The maximum atomic E-state index is 12.1. The molecule has 0 unspecified atom stereocenters. The number of likely N-dealkylation sites (tertiary alicyclic amines) is 1. The molecule has 1 heterocycles. The number of likely N-dealkylation sites (N-methyl/N-ethyl adjacent to an activating group) is 1. The first-order chi connectivity index (χ1) is 8.60. The quantitative estimate of drug-likeness (QED) is 0.781. The highest BCUT2D eigenvalue weighted by Gasteiger charge is 2.27. The average molecular weight is 255 g/mol. The van der Waals surface area contributed by atoms with Crippen molar-refractivity contribution in [3.8, 4) is 0 Å². The van der Waals surface area contributed by atoms with Gasteiger partial charge in [0, 0.05) is 26.2 Å². The first-order valence-electron chi connectivity index (χ1n) is 7.34. The summed E-state index contributed by atoms with van der Waals surface area (Å²) in [5, 5.41) is 0. The number of rotatable bonds is 6. The van der Waals surface area contributed by atoms with Crippen LogP contribution < -0.4 is 5.73 Å². The molecule has 1 aliphatic rings. The lowest BCUT2D eigenvalue weighted by Crippen LogP contribution is -2.50. The van der Waals surface area contributed by atoms with Gasteiger partial charge in [0.25, 0.3) is 0 Å². The number of carbonyl (C=O) groups excluding carboxylic acids is 1. The molecule has 0 saturated carbocycles. The Morgan fingerprint density at radius 3 is 2.44 bits per heavy atom. The van der Waals surface area contributed by atoms with Crippen LogP contribution >= 0.6 is 0 Å². The summed E-state index contributed by atoms with van der Waals surface area (Å²) in [4.78, 5) is 16.5. The smallest absolute Gasteiger partial charge is 0.239 e. The van der Waals surface area contributed by atoms with Crippen LogP contribution in [0, 0.1) is 0 Å². The van der Waals surface area contributed by atoms with Crippen LogP contribution in [0.25, 0.3) is 0 Å². The second-order valence-corrected chi connectivity index (χ2v) is 5.42. The molecule has 106 valence electrons. The van der Waals surface area contributed by atoms with Crippen LogP contribution in [-0.2, 0) is 4.79 Å². The molecule has 1 atom stereocenters. The highest BCUT2D eigenvalue weighted by atomic mass is 16.2. The number of piperidine rings is 1. The van der Waals surface area contributed by atoms with E-state index in [-0.39, 0.29) is 11.9 Å². The van der Waals surface area contributed by atoms with E-state index in [9.17, 15) is 4.79 Å². The molecule has 0 aromatic carbocycles. The van der Waals surface area contributed by atoms with Gasteiger partial charge < -0.3 is 15.5 Å². The lowest BCUT2D eigenvalue weighted by molar-refractivity contribution is -0.134. The standard InChI is InChI=1S/C14H29N3O/c1-4-6-13(15)14(18)16(3)12-7-10-17(9-5-2)11-8-12/h12-13H,4-11,15H2,1-3H3/t13-/m0/s1. The molecule has 1 amide bonds. The molecule has 0 aliphatic carbocycles. The van der Waals surface area contributed by atoms with Gasteiger partial charge in [0.2, 0.25) is 5.91 Å². The van der Waals surface area contributed by atoms with Gasteiger partial charge in [0.05, 0.1) is 6.04 Å². The molecule has 1 aliphatic heterocycles. The van der Waals surface area contributed by atoms with Crippen LogP contribution in [0.4, 0.5) is 0 Å². The van der Waals surface area contributed by atoms with Crippen LogP contribution in [0.2, 0.25) is 0 Å². The van der Waals surface area contributed by atoms with Gasteiger partial charge in [-0.15, -0.1) is 0 Å². The number of nitrogens with two attached hydrogens (primary N) is 1. The average Bonchev–Trinajstić information content (AvgIpc) is 2.38. The molecular weight excluding hydrogens is 226 g/mol. The molecule has 18 heavy (non-hydrogen) atoms. The summed E-state index contributed by atoms with van der Waals surface area (Å²) < 4.78 is 0. The Kier molecular flexibility index (Phi) is 6.65. The Morgan fingerprint density at radius 1 is 1.33 bits per heavy atom. The lowest BCUT2D eigenvalue weighted by atomic mass is 10.0. The van der Waals surface area contributed by atoms with Crippen molar-refractivity contribution in [2.75, 3.05) is 26.7 Å². The van der Waals surface area contributed by atoms with E-state index >= 15 is 0 Å². The maximum absolute atomic E-state index is 12.1. The van der Waals surface area contributed by atoms with Crippen molar-refractivity contribution in [2.24, 2.45) is 5.73 Å². The second-order valence-electron chi connectivity index (χ2n) is 5.42. The summed E-state index contributed by atoms with van der Waals surface area (Å²) in [5.74, 6) is 0.116. The number of hydrogen-bond donors (Lipinski definition) is 1. The van der Waals surface area contributed by atoms with E-state index in [1.54, 1.807) is 0 Å². The van der Waals surface area contributed by atoms with Gasteiger partial charge in [0.15, 0.2) is 0 Å². The molecule has 0 bridgehead atoms. The maximum Gasteiger partial charge on any atom is 0.239 e. The van der Waals surface area contributed by atoms with Crippen molar-refractivity contribution >= 4 is 5.91 Å². The van der Waals surface area contributed by atoms with Crippen LogP contribution in [-0.4, -0.2) is 54.5 Å². The summed E-state index contributed by atoms with van der Waals surface area (Å²) in [5.41, 5.74) is 5.91. The zero-order valence-electron chi connectivity index (χ0n) is 12.2. The summed E-state index contributed by atoms with van der Waals surface area (Å²) >= 11 is 0. The Balaban J connectivity index is 2.39. The lowest BCUT2D eigenvalue weighted by Gasteiger charge is -2.37. The van der Waals surface area contributed by atoms with Gasteiger partial charge in [-0.1, -0.05) is 20.3 Å². The Bertz CT molecular complexity index is 249. The molecule has 0 spiro atoms. The zero-order chi connectivity index (χ0) is 13.5. The molecule has 0 aromatic rings. The van der Waals surface area contributed by atoms with Gasteiger partial charge in [-0.25, -0.2) is 0 Å². The fourth-order valence-corrected chi connectivity index (χ4v) is 2.72. The molecule has 0 radical (unpaired) electrons. The third-order valence-electron chi connectivity index (χ3n) is 3.91. The van der Waals surface area contributed by atoms with E-state index < -0.39 is 0 Å². The minimum Gasteiger partial charge on any atom is -0.341 e. The largest absolute Gasteiger partial charge is 0.341 e. The first-order valence-corrected chi connectivity index (χ1v) is 7.34. The summed E-state index contributed by atoms with van der Waals surface area (Å²) in [7, 11) is 1.91. The summed E-state index contributed by atoms with van der Waals surface area (Å²) in [6.45, 7) is 7.68. The molecule has 1 rings (SSSR count). The Labute approximate surface area is 111 Å². The van der Waals surface area contributed by atoms with Gasteiger partial charge in [-0.2, -0.15) is 0 Å². The highest BCUT2D eigenvalue weighted by molar-refractivity contribution is 5.81. The third-order valence-corrected chi connectivity index (χ3v) is 3.91. The predicted molar refractivity (Wildman–Crippen MR) is 75.4 cm³/mol. The monoisotopic (exact) mass is 255 g/mol. The van der Waals surface area contributed by atoms with Gasteiger partial charge in [0.1, 0.15) is 0 Å². The third kappa shape index (κ3) is 4.25. The summed E-state index contributed by atoms with van der Waals surface area (Å²) in [6, 6.07) is 0.0715. The van der Waals surface area contributed by atoms with Crippen molar-refractivity contribution in [3.05, 3.63) is 0 Å². The van der Waals surface area contributed by atoms with Gasteiger partial charge >= 0.3 is 0 Å². The van der Waals surface area contributed by atoms with Crippen molar-refractivity contribution < 1.29 is 4.79 Å². The highest BCUT2D eigenvalue weighted by Crippen LogP contribution is 2.16. The van der Waals surface area contributed by atoms with E-state index in [1.807, 2.05) is 11.9 Å². The van der Waals surface area contributed by atoms with E-state index in [2.05, 4.69) is 18.7 Å². The molecule has 1 fully saturated rings. The Hall–Kier alpha value is -0.610. The fourth-order valence-electron chi connectivity index (χ4n) is 2.72. The van der Waals surface area contributed by atoms with E-state index in [1.165, 1.54) is 13.0 Å². The van der Waals surface area contributed by atoms with Crippen LogP contribution in [0.5, 0.6) is 0 Å². The van der Waals surface area contributed by atoms with E-state index in [0.29, 0.717) is 6.04 Å². The van der Waals surface area contributed by atoms with Gasteiger partial charge in [-0.05, 0) is 32.2 Å². The summed E-state index contributed by atoms with van der Waals surface area (Å²) in [6.07, 6.45) is 5.14. The first kappa shape index (κ1) is 15.4. The molecular formula is C14H29N3O.